The SMILES string of the molecule is CCn1cc(CCCN)c2ccc(Br)cc21. The first-order valence-electron chi connectivity index (χ1n) is 5.73. The number of rotatable bonds is 4. The summed E-state index contributed by atoms with van der Waals surface area (Å²) in [5.41, 5.74) is 8.29. The van der Waals surface area contributed by atoms with E-state index in [1.165, 1.54) is 16.5 Å². The molecule has 0 amide bonds. The normalized spacial score (nSPS) is 11.2. The molecule has 16 heavy (non-hydrogen) atoms. The molecular weight excluding hydrogens is 264 g/mol. The third-order valence-corrected chi connectivity index (χ3v) is 3.41. The fraction of sp³-hybridized carbons (Fsp3) is 0.385. The number of nitrogens with two attached hydrogens (primary N) is 1. The smallest absolute Gasteiger partial charge is 0.0494 e. The molecule has 86 valence electrons. The van der Waals surface area contributed by atoms with Crippen molar-refractivity contribution in [3.63, 3.8) is 0 Å². The lowest BCUT2D eigenvalue weighted by molar-refractivity contribution is 0.781. The Kier molecular flexibility index (Phi) is 3.66. The van der Waals surface area contributed by atoms with E-state index in [2.05, 4.69) is 51.8 Å². The molecule has 0 saturated heterocycles. The Balaban J connectivity index is 2.50. The van der Waals surface area contributed by atoms with Crippen molar-refractivity contribution < 1.29 is 0 Å². The zero-order chi connectivity index (χ0) is 11.5. The number of aromatic nitrogens is 1. The van der Waals surface area contributed by atoms with Crippen molar-refractivity contribution in [1.29, 1.82) is 0 Å². The van der Waals surface area contributed by atoms with E-state index in [1.54, 1.807) is 0 Å². The van der Waals surface area contributed by atoms with Crippen LogP contribution in [0.15, 0.2) is 28.9 Å². The van der Waals surface area contributed by atoms with Crippen molar-refractivity contribution in [3.8, 4) is 0 Å². The minimum atomic E-state index is 0.759. The van der Waals surface area contributed by atoms with E-state index < -0.39 is 0 Å². The van der Waals surface area contributed by atoms with Crippen LogP contribution < -0.4 is 5.73 Å². The molecule has 2 nitrogen and oxygen atoms in total. The number of benzene rings is 1. The van der Waals surface area contributed by atoms with Crippen LogP contribution in [0.1, 0.15) is 18.9 Å². The van der Waals surface area contributed by atoms with Crippen molar-refractivity contribution in [2.45, 2.75) is 26.3 Å². The Hall–Kier alpha value is -0.800. The van der Waals surface area contributed by atoms with Crippen LogP contribution in [0.4, 0.5) is 0 Å². The summed E-state index contributed by atoms with van der Waals surface area (Å²) in [5, 5.41) is 1.36. The number of fused-ring (bicyclic) bond motifs is 1. The van der Waals surface area contributed by atoms with Crippen LogP contribution in [0, 0.1) is 0 Å². The van der Waals surface area contributed by atoms with Crippen LogP contribution in [0.3, 0.4) is 0 Å². The molecule has 0 bridgehead atoms. The summed E-state index contributed by atoms with van der Waals surface area (Å²) in [6, 6.07) is 6.48. The zero-order valence-corrected chi connectivity index (χ0v) is 11.1. The molecule has 0 aliphatic heterocycles. The van der Waals surface area contributed by atoms with Gasteiger partial charge in [-0.15, -0.1) is 0 Å². The predicted molar refractivity (Wildman–Crippen MR) is 72.7 cm³/mol. The maximum atomic E-state index is 5.57. The van der Waals surface area contributed by atoms with E-state index in [-0.39, 0.29) is 0 Å². The van der Waals surface area contributed by atoms with E-state index in [1.807, 2.05) is 0 Å². The van der Waals surface area contributed by atoms with Gasteiger partial charge in [0, 0.05) is 28.1 Å². The average molecular weight is 281 g/mol. The minimum absolute atomic E-state index is 0.759. The van der Waals surface area contributed by atoms with Crippen molar-refractivity contribution in [2.24, 2.45) is 5.73 Å². The van der Waals surface area contributed by atoms with Crippen molar-refractivity contribution in [1.82, 2.24) is 4.57 Å². The summed E-state index contributed by atoms with van der Waals surface area (Å²) in [6.45, 7) is 3.94. The highest BCUT2D eigenvalue weighted by atomic mass is 79.9. The Bertz CT molecular complexity index is 488. The molecule has 0 aliphatic rings. The lowest BCUT2D eigenvalue weighted by Gasteiger charge is -2.00. The van der Waals surface area contributed by atoms with Gasteiger partial charge < -0.3 is 10.3 Å². The summed E-state index contributed by atoms with van der Waals surface area (Å²) in [5.74, 6) is 0. The fourth-order valence-corrected chi connectivity index (χ4v) is 2.44. The molecule has 1 heterocycles. The Morgan fingerprint density at radius 2 is 2.19 bits per heavy atom. The maximum absolute atomic E-state index is 5.57. The molecule has 0 spiro atoms. The topological polar surface area (TPSA) is 30.9 Å². The molecule has 0 atom stereocenters. The van der Waals surface area contributed by atoms with E-state index in [0.29, 0.717) is 0 Å². The van der Waals surface area contributed by atoms with Gasteiger partial charge in [0.25, 0.3) is 0 Å². The zero-order valence-electron chi connectivity index (χ0n) is 9.54. The van der Waals surface area contributed by atoms with Gasteiger partial charge in [0.15, 0.2) is 0 Å². The van der Waals surface area contributed by atoms with Gasteiger partial charge >= 0.3 is 0 Å². The third-order valence-electron chi connectivity index (χ3n) is 2.92. The van der Waals surface area contributed by atoms with E-state index in [0.717, 1.165) is 30.4 Å². The summed E-state index contributed by atoms with van der Waals surface area (Å²) < 4.78 is 3.43. The monoisotopic (exact) mass is 280 g/mol. The number of nitrogens with zero attached hydrogens (tertiary/aromatic N) is 1. The Labute approximate surface area is 105 Å². The van der Waals surface area contributed by atoms with Gasteiger partial charge in [0.05, 0.1) is 0 Å². The van der Waals surface area contributed by atoms with Crippen LogP contribution in [0.25, 0.3) is 10.9 Å². The molecule has 0 aliphatic carbocycles. The highest BCUT2D eigenvalue weighted by Gasteiger charge is 2.07. The molecule has 2 rings (SSSR count). The van der Waals surface area contributed by atoms with E-state index in [9.17, 15) is 0 Å². The quantitative estimate of drug-likeness (QED) is 0.915. The Morgan fingerprint density at radius 1 is 1.38 bits per heavy atom. The summed E-state index contributed by atoms with van der Waals surface area (Å²) in [4.78, 5) is 0. The van der Waals surface area contributed by atoms with Crippen LogP contribution in [0.2, 0.25) is 0 Å². The van der Waals surface area contributed by atoms with Gasteiger partial charge in [-0.3, -0.25) is 0 Å². The van der Waals surface area contributed by atoms with Gasteiger partial charge in [-0.1, -0.05) is 22.0 Å². The number of hydrogen-bond acceptors (Lipinski definition) is 1. The highest BCUT2D eigenvalue weighted by Crippen LogP contribution is 2.25. The predicted octanol–water partition coefficient (Wildman–Crippen LogP) is 3.32. The van der Waals surface area contributed by atoms with Gasteiger partial charge in [0.2, 0.25) is 0 Å². The molecule has 1 aromatic heterocycles. The maximum Gasteiger partial charge on any atom is 0.0494 e. The second kappa shape index (κ2) is 5.02. The lowest BCUT2D eigenvalue weighted by Crippen LogP contribution is -1.99. The van der Waals surface area contributed by atoms with E-state index >= 15 is 0 Å². The summed E-state index contributed by atoms with van der Waals surface area (Å²) in [7, 11) is 0. The highest BCUT2D eigenvalue weighted by molar-refractivity contribution is 9.10. The van der Waals surface area contributed by atoms with Crippen molar-refractivity contribution in [3.05, 3.63) is 34.4 Å². The molecule has 0 saturated carbocycles. The van der Waals surface area contributed by atoms with Crippen LogP contribution in [-0.4, -0.2) is 11.1 Å². The second-order valence-electron chi connectivity index (χ2n) is 3.99. The molecule has 0 radical (unpaired) electrons. The first-order chi connectivity index (χ1) is 7.76. The van der Waals surface area contributed by atoms with Crippen LogP contribution in [-0.2, 0) is 13.0 Å². The molecular formula is C13H17BrN2. The molecule has 0 fully saturated rings. The minimum Gasteiger partial charge on any atom is -0.347 e. The fourth-order valence-electron chi connectivity index (χ4n) is 2.09. The van der Waals surface area contributed by atoms with Gasteiger partial charge in [-0.2, -0.15) is 0 Å². The van der Waals surface area contributed by atoms with Crippen LogP contribution in [0.5, 0.6) is 0 Å². The number of hydrogen-bond donors (Lipinski definition) is 1. The summed E-state index contributed by atoms with van der Waals surface area (Å²) in [6.07, 6.45) is 4.38. The molecule has 3 heteroatoms. The number of aryl methyl sites for hydroxylation is 2. The molecule has 2 aromatic rings. The molecule has 1 aromatic carbocycles. The third kappa shape index (κ3) is 2.15. The van der Waals surface area contributed by atoms with Crippen molar-refractivity contribution >= 4 is 26.8 Å². The van der Waals surface area contributed by atoms with Crippen molar-refractivity contribution in [2.75, 3.05) is 6.54 Å². The number of halogens is 1. The molecule has 0 unspecified atom stereocenters. The summed E-state index contributed by atoms with van der Waals surface area (Å²) >= 11 is 3.52. The first kappa shape index (κ1) is 11.7. The Morgan fingerprint density at radius 3 is 2.88 bits per heavy atom. The average Bonchev–Trinajstić information content (AvgIpc) is 2.63. The van der Waals surface area contributed by atoms with Crippen LogP contribution >= 0.6 is 15.9 Å². The van der Waals surface area contributed by atoms with Gasteiger partial charge in [0.1, 0.15) is 0 Å². The standard InChI is InChI=1S/C13H17BrN2/c1-2-16-9-10(4-3-7-15)12-6-5-11(14)8-13(12)16/h5-6,8-9H,2-4,7,15H2,1H3. The first-order valence-corrected chi connectivity index (χ1v) is 6.53. The molecule has 2 N–H and O–H groups in total. The second-order valence-corrected chi connectivity index (χ2v) is 4.91. The van der Waals surface area contributed by atoms with Gasteiger partial charge in [-0.05, 0) is 44.0 Å². The van der Waals surface area contributed by atoms with Gasteiger partial charge in [-0.25, -0.2) is 0 Å². The van der Waals surface area contributed by atoms with E-state index in [4.69, 9.17) is 5.73 Å². The largest absolute Gasteiger partial charge is 0.347 e. The lowest BCUT2D eigenvalue weighted by atomic mass is 10.1.